The maximum Gasteiger partial charge on any atom is 0.408 e. The first-order chi connectivity index (χ1) is 20.9. The molecular formula is C36H46N2O6. The standard InChI is InChI=1S/C36H46N2O6/c1-34(2,3)30(38(33(41)42)35-18-23-15-24(19-35)17-25(16-23)20-35)31(39)37-22-36(44-5,21-29(37)32(40)43-4)28-13-11-27(12-14-28)26-9-7-6-8-10-26/h6-14,23-25,29-30H,15-22H2,1-5H3,(H,41,42)/t23?,24?,25?,29?,30-,35?,36?/m1/s1. The second-order valence-electron chi connectivity index (χ2n) is 14.9. The molecule has 4 saturated carbocycles. The zero-order valence-corrected chi connectivity index (χ0v) is 26.6. The summed E-state index contributed by atoms with van der Waals surface area (Å²) in [6.07, 6.45) is 5.08. The van der Waals surface area contributed by atoms with Crippen LogP contribution >= 0.6 is 0 Å². The Morgan fingerprint density at radius 3 is 1.89 bits per heavy atom. The van der Waals surface area contributed by atoms with Gasteiger partial charge in [0.05, 0.1) is 13.7 Å². The monoisotopic (exact) mass is 602 g/mol. The smallest absolute Gasteiger partial charge is 0.408 e. The SMILES string of the molecule is COC(=O)C1CC(OC)(c2ccc(-c3ccccc3)cc2)CN1C(=O)[C@@H](N(C(=O)O)C12CC3CC(CC(C3)C1)C2)C(C)(C)C. The van der Waals surface area contributed by atoms with Crippen LogP contribution in [-0.4, -0.2) is 71.3 Å². The van der Waals surface area contributed by atoms with Gasteiger partial charge in [-0.25, -0.2) is 9.59 Å². The molecule has 8 heteroatoms. The van der Waals surface area contributed by atoms with Gasteiger partial charge in [0.15, 0.2) is 0 Å². The van der Waals surface area contributed by atoms with Gasteiger partial charge < -0.3 is 19.5 Å². The van der Waals surface area contributed by atoms with Crippen LogP contribution in [0.2, 0.25) is 0 Å². The van der Waals surface area contributed by atoms with Gasteiger partial charge in [0.2, 0.25) is 5.91 Å². The largest absolute Gasteiger partial charge is 0.467 e. The highest BCUT2D eigenvalue weighted by Crippen LogP contribution is 2.59. The Hall–Kier alpha value is -3.39. The first-order valence-electron chi connectivity index (χ1n) is 16.0. The molecule has 2 amide bonds. The average molecular weight is 603 g/mol. The summed E-state index contributed by atoms with van der Waals surface area (Å²) in [7, 11) is 2.93. The molecule has 44 heavy (non-hydrogen) atoms. The summed E-state index contributed by atoms with van der Waals surface area (Å²) in [6.45, 7) is 5.91. The number of amides is 2. The first-order valence-corrected chi connectivity index (χ1v) is 16.0. The number of methoxy groups -OCH3 is 2. The summed E-state index contributed by atoms with van der Waals surface area (Å²) in [5.41, 5.74) is 0.771. The molecule has 5 aliphatic rings. The van der Waals surface area contributed by atoms with E-state index in [9.17, 15) is 19.5 Å². The molecule has 8 nitrogen and oxygen atoms in total. The van der Waals surface area contributed by atoms with Gasteiger partial charge in [-0.05, 0) is 78.4 Å². The van der Waals surface area contributed by atoms with Crippen molar-refractivity contribution in [3.63, 3.8) is 0 Å². The van der Waals surface area contributed by atoms with Crippen LogP contribution < -0.4 is 0 Å². The lowest BCUT2D eigenvalue weighted by molar-refractivity contribution is -0.160. The van der Waals surface area contributed by atoms with Crippen molar-refractivity contribution in [2.24, 2.45) is 23.2 Å². The molecule has 0 aromatic heterocycles. The quantitative estimate of drug-likeness (QED) is 0.372. The molecule has 1 N–H and O–H groups in total. The van der Waals surface area contributed by atoms with Crippen LogP contribution in [0, 0.1) is 23.2 Å². The highest BCUT2D eigenvalue weighted by Gasteiger charge is 2.61. The van der Waals surface area contributed by atoms with Crippen molar-refractivity contribution in [1.29, 1.82) is 0 Å². The number of carbonyl (C=O) groups is 3. The van der Waals surface area contributed by atoms with E-state index in [1.54, 1.807) is 12.0 Å². The number of benzene rings is 2. The molecule has 1 saturated heterocycles. The predicted molar refractivity (Wildman–Crippen MR) is 167 cm³/mol. The lowest BCUT2D eigenvalue weighted by Crippen LogP contribution is -2.69. The van der Waals surface area contributed by atoms with Gasteiger partial charge in [-0.15, -0.1) is 0 Å². The second-order valence-corrected chi connectivity index (χ2v) is 14.9. The predicted octanol–water partition coefficient (Wildman–Crippen LogP) is 6.33. The fraction of sp³-hybridized carbons (Fsp3) is 0.583. The number of hydrogen-bond acceptors (Lipinski definition) is 5. The van der Waals surface area contributed by atoms with Gasteiger partial charge in [0, 0.05) is 19.1 Å². The summed E-state index contributed by atoms with van der Waals surface area (Å²) < 4.78 is 11.4. The molecule has 236 valence electrons. The van der Waals surface area contributed by atoms with Crippen molar-refractivity contribution in [2.75, 3.05) is 20.8 Å². The molecule has 4 aliphatic carbocycles. The van der Waals surface area contributed by atoms with Crippen molar-refractivity contribution in [3.05, 3.63) is 60.2 Å². The fourth-order valence-electron chi connectivity index (χ4n) is 9.49. The number of carbonyl (C=O) groups excluding carboxylic acids is 2. The molecular weight excluding hydrogens is 556 g/mol. The molecule has 2 aromatic rings. The number of hydrogen-bond donors (Lipinski definition) is 1. The third-order valence-corrected chi connectivity index (χ3v) is 11.0. The Bertz CT molecular complexity index is 1360. The number of carboxylic acid groups (broad SMARTS) is 1. The maximum absolute atomic E-state index is 14.9. The van der Waals surface area contributed by atoms with Crippen LogP contribution in [-0.2, 0) is 24.7 Å². The fourth-order valence-corrected chi connectivity index (χ4v) is 9.49. The van der Waals surface area contributed by atoms with E-state index in [1.807, 2.05) is 63.2 Å². The summed E-state index contributed by atoms with van der Waals surface area (Å²) in [4.78, 5) is 44.6. The maximum atomic E-state index is 14.9. The summed E-state index contributed by atoms with van der Waals surface area (Å²) in [5.74, 6) is 0.642. The zero-order chi connectivity index (χ0) is 31.4. The molecule has 5 fully saturated rings. The normalized spacial score (nSPS) is 31.5. The van der Waals surface area contributed by atoms with Crippen LogP contribution in [0.4, 0.5) is 4.79 Å². The third kappa shape index (κ3) is 5.19. The average Bonchev–Trinajstić information content (AvgIpc) is 3.39. The number of rotatable bonds is 7. The van der Waals surface area contributed by atoms with Crippen LogP contribution in [0.15, 0.2) is 54.6 Å². The third-order valence-electron chi connectivity index (χ3n) is 11.0. The van der Waals surface area contributed by atoms with Crippen molar-refractivity contribution < 1.29 is 29.0 Å². The topological polar surface area (TPSA) is 96.4 Å². The number of likely N-dealkylation sites (tertiary alicyclic amines) is 1. The molecule has 0 radical (unpaired) electrons. The molecule has 1 aliphatic heterocycles. The molecule has 4 bridgehead atoms. The summed E-state index contributed by atoms with van der Waals surface area (Å²) in [6, 6.07) is 16.3. The van der Waals surface area contributed by atoms with Crippen LogP contribution in [0.1, 0.15) is 71.3 Å². The Morgan fingerprint density at radius 2 is 1.41 bits per heavy atom. The number of nitrogens with zero attached hydrogens (tertiary/aromatic N) is 2. The van der Waals surface area contributed by atoms with Crippen molar-refractivity contribution in [3.8, 4) is 11.1 Å². The number of esters is 1. The minimum Gasteiger partial charge on any atom is -0.467 e. The molecule has 0 spiro atoms. The highest BCUT2D eigenvalue weighted by atomic mass is 16.5. The van der Waals surface area contributed by atoms with Crippen molar-refractivity contribution in [1.82, 2.24) is 9.80 Å². The number of ether oxygens (including phenoxy) is 2. The zero-order valence-electron chi connectivity index (χ0n) is 26.6. The van der Waals surface area contributed by atoms with Gasteiger partial charge in [0.25, 0.3) is 0 Å². The first kappa shape index (κ1) is 30.6. The van der Waals surface area contributed by atoms with E-state index in [0.717, 1.165) is 55.2 Å². The molecule has 2 aromatic carbocycles. The van der Waals surface area contributed by atoms with E-state index in [4.69, 9.17) is 9.47 Å². The Kier molecular flexibility index (Phi) is 7.80. The molecule has 1 heterocycles. The molecule has 7 rings (SSSR count). The minimum absolute atomic E-state index is 0.119. The van der Waals surface area contributed by atoms with E-state index in [1.165, 1.54) is 12.0 Å². The lowest BCUT2D eigenvalue weighted by atomic mass is 9.52. The van der Waals surface area contributed by atoms with E-state index in [0.29, 0.717) is 17.8 Å². The Labute approximate surface area is 260 Å². The second kappa shape index (κ2) is 11.2. The van der Waals surface area contributed by atoms with Gasteiger partial charge >= 0.3 is 12.1 Å². The van der Waals surface area contributed by atoms with E-state index >= 15 is 0 Å². The molecule has 2 unspecified atom stereocenters. The van der Waals surface area contributed by atoms with E-state index < -0.39 is 40.7 Å². The van der Waals surface area contributed by atoms with Crippen molar-refractivity contribution >= 4 is 18.0 Å². The van der Waals surface area contributed by atoms with Gasteiger partial charge in [0.1, 0.15) is 17.7 Å². The van der Waals surface area contributed by atoms with Gasteiger partial charge in [-0.3, -0.25) is 9.69 Å². The Balaban J connectivity index is 1.36. The van der Waals surface area contributed by atoms with E-state index in [-0.39, 0.29) is 18.9 Å². The van der Waals surface area contributed by atoms with E-state index in [2.05, 4.69) is 12.1 Å². The Morgan fingerprint density at radius 1 is 0.864 bits per heavy atom. The summed E-state index contributed by atoms with van der Waals surface area (Å²) in [5, 5.41) is 10.9. The van der Waals surface area contributed by atoms with Gasteiger partial charge in [-0.1, -0.05) is 75.4 Å². The minimum atomic E-state index is -1.05. The highest BCUT2D eigenvalue weighted by molar-refractivity contribution is 5.91. The van der Waals surface area contributed by atoms with Crippen LogP contribution in [0.25, 0.3) is 11.1 Å². The van der Waals surface area contributed by atoms with Gasteiger partial charge in [-0.2, -0.15) is 0 Å². The lowest BCUT2D eigenvalue weighted by Gasteiger charge is -2.62. The summed E-state index contributed by atoms with van der Waals surface area (Å²) >= 11 is 0. The van der Waals surface area contributed by atoms with Crippen LogP contribution in [0.5, 0.6) is 0 Å². The van der Waals surface area contributed by atoms with Crippen LogP contribution in [0.3, 0.4) is 0 Å². The van der Waals surface area contributed by atoms with Crippen molar-refractivity contribution in [2.45, 2.75) is 88.9 Å². The molecule has 3 atom stereocenters.